The fourth-order valence-electron chi connectivity index (χ4n) is 2.67. The molecule has 0 bridgehead atoms. The molecule has 1 aliphatic carbocycles. The molecule has 1 aliphatic rings. The number of anilines is 4. The summed E-state index contributed by atoms with van der Waals surface area (Å²) in [6, 6.07) is 11.2. The average molecular weight is 383 g/mol. The van der Waals surface area contributed by atoms with E-state index in [0.29, 0.717) is 34.4 Å². The van der Waals surface area contributed by atoms with Crippen molar-refractivity contribution in [2.24, 2.45) is 0 Å². The van der Waals surface area contributed by atoms with Crippen LogP contribution in [-0.4, -0.2) is 35.3 Å². The molecule has 0 unspecified atom stereocenters. The highest BCUT2D eigenvalue weighted by Gasteiger charge is 2.23. The first-order chi connectivity index (χ1) is 12.9. The molecule has 9 nitrogen and oxygen atoms in total. The lowest BCUT2D eigenvalue weighted by Crippen LogP contribution is -2.10. The summed E-state index contributed by atoms with van der Waals surface area (Å²) in [5, 5.41) is 20.1. The van der Waals surface area contributed by atoms with E-state index < -0.39 is 10.0 Å². The predicted octanol–water partition coefficient (Wildman–Crippen LogP) is 2.29. The zero-order valence-electron chi connectivity index (χ0n) is 14.5. The van der Waals surface area contributed by atoms with Crippen molar-refractivity contribution in [3.63, 3.8) is 0 Å². The minimum absolute atomic E-state index is 0.380. The fourth-order valence-corrected chi connectivity index (χ4v) is 3.22. The summed E-state index contributed by atoms with van der Waals surface area (Å²) in [6.45, 7) is 0. The molecule has 27 heavy (non-hydrogen) atoms. The lowest BCUT2D eigenvalue weighted by atomic mass is 10.3. The zero-order chi connectivity index (χ0) is 19.0. The first-order valence-corrected chi connectivity index (χ1v) is 10.2. The highest BCUT2D eigenvalue weighted by Crippen LogP contribution is 2.28. The van der Waals surface area contributed by atoms with Crippen LogP contribution in [-0.2, 0) is 10.0 Å². The van der Waals surface area contributed by atoms with Crippen molar-refractivity contribution in [3.8, 4) is 6.07 Å². The summed E-state index contributed by atoms with van der Waals surface area (Å²) >= 11 is 0. The second-order valence-corrected chi connectivity index (χ2v) is 8.18. The van der Waals surface area contributed by atoms with E-state index in [1.165, 1.54) is 6.20 Å². The Hall–Kier alpha value is -3.32. The topological polar surface area (TPSA) is 124 Å². The Bertz CT molecular complexity index is 1160. The lowest BCUT2D eigenvalue weighted by molar-refractivity contribution is 0.607. The van der Waals surface area contributed by atoms with Gasteiger partial charge in [0.15, 0.2) is 5.65 Å². The molecular weight excluding hydrogens is 366 g/mol. The quantitative estimate of drug-likeness (QED) is 0.596. The number of hydrogen-bond donors (Lipinski definition) is 3. The highest BCUT2D eigenvalue weighted by molar-refractivity contribution is 7.92. The second-order valence-electron chi connectivity index (χ2n) is 6.43. The molecule has 138 valence electrons. The van der Waals surface area contributed by atoms with Crippen molar-refractivity contribution in [2.75, 3.05) is 21.6 Å². The molecule has 0 radical (unpaired) electrons. The molecule has 0 atom stereocenters. The van der Waals surface area contributed by atoms with Crippen molar-refractivity contribution in [1.82, 2.24) is 14.6 Å². The molecule has 4 rings (SSSR count). The molecule has 0 spiro atoms. The molecule has 2 heterocycles. The number of nitrogens with zero attached hydrogens (tertiary/aromatic N) is 4. The van der Waals surface area contributed by atoms with Crippen molar-refractivity contribution in [3.05, 3.63) is 42.1 Å². The van der Waals surface area contributed by atoms with Crippen LogP contribution in [0.3, 0.4) is 0 Å². The van der Waals surface area contributed by atoms with Crippen LogP contribution >= 0.6 is 0 Å². The van der Waals surface area contributed by atoms with Gasteiger partial charge in [-0.15, -0.1) is 0 Å². The third kappa shape index (κ3) is 3.93. The molecule has 0 saturated heterocycles. The molecule has 10 heteroatoms. The standard InChI is InChI=1S/C17H17N7O2S/c1-27(25,26)23-14-4-2-3-13(7-14)20-15-8-16(21-12-5-6-12)24-17(22-15)11(9-18)10-19-24/h2-4,7-8,10,12,21,23H,5-6H2,1H3,(H,20,22). The summed E-state index contributed by atoms with van der Waals surface area (Å²) in [7, 11) is -3.36. The van der Waals surface area contributed by atoms with Crippen LogP contribution in [0, 0.1) is 11.3 Å². The van der Waals surface area contributed by atoms with Gasteiger partial charge in [-0.25, -0.2) is 13.4 Å². The molecule has 3 aromatic rings. The van der Waals surface area contributed by atoms with E-state index in [1.54, 1.807) is 28.8 Å². The number of nitrogens with one attached hydrogen (secondary N) is 3. The zero-order valence-corrected chi connectivity index (χ0v) is 15.3. The minimum atomic E-state index is -3.36. The highest BCUT2D eigenvalue weighted by atomic mass is 32.2. The number of aromatic nitrogens is 3. The summed E-state index contributed by atoms with van der Waals surface area (Å²) in [5.41, 5.74) is 1.94. The third-order valence-corrected chi connectivity index (χ3v) is 4.57. The van der Waals surface area contributed by atoms with E-state index in [-0.39, 0.29) is 0 Å². The Morgan fingerprint density at radius 2 is 2.04 bits per heavy atom. The maximum atomic E-state index is 11.4. The molecule has 2 aromatic heterocycles. The van der Waals surface area contributed by atoms with Crippen LogP contribution < -0.4 is 15.4 Å². The minimum Gasteiger partial charge on any atom is -0.367 e. The van der Waals surface area contributed by atoms with Gasteiger partial charge in [0.2, 0.25) is 10.0 Å². The Morgan fingerprint density at radius 1 is 1.26 bits per heavy atom. The van der Waals surface area contributed by atoms with Crippen molar-refractivity contribution in [2.45, 2.75) is 18.9 Å². The largest absolute Gasteiger partial charge is 0.367 e. The van der Waals surface area contributed by atoms with Gasteiger partial charge in [0, 0.05) is 17.8 Å². The van der Waals surface area contributed by atoms with E-state index in [2.05, 4.69) is 31.5 Å². The van der Waals surface area contributed by atoms with Crippen LogP contribution in [0.15, 0.2) is 36.5 Å². The van der Waals surface area contributed by atoms with Crippen LogP contribution in [0.25, 0.3) is 5.65 Å². The van der Waals surface area contributed by atoms with Crippen molar-refractivity contribution < 1.29 is 8.42 Å². The second kappa shape index (κ2) is 6.44. The normalized spacial score (nSPS) is 13.9. The number of fused-ring (bicyclic) bond motifs is 1. The van der Waals surface area contributed by atoms with Gasteiger partial charge in [0.05, 0.1) is 18.1 Å². The Labute approximate surface area is 156 Å². The van der Waals surface area contributed by atoms with Gasteiger partial charge in [-0.05, 0) is 31.0 Å². The summed E-state index contributed by atoms with van der Waals surface area (Å²) < 4.78 is 26.9. The van der Waals surface area contributed by atoms with Crippen LogP contribution in [0.5, 0.6) is 0 Å². The molecule has 3 N–H and O–H groups in total. The third-order valence-electron chi connectivity index (χ3n) is 3.96. The van der Waals surface area contributed by atoms with Gasteiger partial charge < -0.3 is 10.6 Å². The summed E-state index contributed by atoms with van der Waals surface area (Å²) in [5.74, 6) is 1.27. The Kier molecular flexibility index (Phi) is 4.08. The van der Waals surface area contributed by atoms with Crippen molar-refractivity contribution >= 4 is 38.7 Å². The molecule has 1 saturated carbocycles. The van der Waals surface area contributed by atoms with E-state index in [9.17, 15) is 13.7 Å². The first kappa shape index (κ1) is 17.1. The van der Waals surface area contributed by atoms with E-state index >= 15 is 0 Å². The lowest BCUT2D eigenvalue weighted by Gasteiger charge is -2.12. The SMILES string of the molecule is CS(=O)(=O)Nc1cccc(Nc2cc(NC3CC3)n3ncc(C#N)c3n2)c1. The van der Waals surface area contributed by atoms with Gasteiger partial charge in [0.25, 0.3) is 0 Å². The van der Waals surface area contributed by atoms with Crippen LogP contribution in [0.4, 0.5) is 23.0 Å². The number of benzene rings is 1. The number of rotatable bonds is 6. The number of hydrogen-bond acceptors (Lipinski definition) is 7. The molecule has 1 fully saturated rings. The maximum Gasteiger partial charge on any atom is 0.229 e. The van der Waals surface area contributed by atoms with Gasteiger partial charge in [-0.3, -0.25) is 4.72 Å². The van der Waals surface area contributed by atoms with E-state index in [4.69, 9.17) is 0 Å². The monoisotopic (exact) mass is 383 g/mol. The Balaban J connectivity index is 1.69. The summed E-state index contributed by atoms with van der Waals surface area (Å²) in [6.07, 6.45) is 4.78. The van der Waals surface area contributed by atoms with Gasteiger partial charge in [0.1, 0.15) is 23.3 Å². The fraction of sp³-hybridized carbons (Fsp3) is 0.235. The molecule has 1 aromatic carbocycles. The average Bonchev–Trinajstić information content (AvgIpc) is 3.30. The first-order valence-electron chi connectivity index (χ1n) is 8.31. The number of sulfonamides is 1. The van der Waals surface area contributed by atoms with Gasteiger partial charge in [-0.2, -0.15) is 14.9 Å². The molecule has 0 aliphatic heterocycles. The van der Waals surface area contributed by atoms with Gasteiger partial charge >= 0.3 is 0 Å². The molecular formula is C17H17N7O2S. The Morgan fingerprint density at radius 3 is 2.74 bits per heavy atom. The van der Waals surface area contributed by atoms with Crippen molar-refractivity contribution in [1.29, 1.82) is 5.26 Å². The van der Waals surface area contributed by atoms with E-state index in [0.717, 1.165) is 24.9 Å². The van der Waals surface area contributed by atoms with E-state index in [1.807, 2.05) is 6.07 Å². The smallest absolute Gasteiger partial charge is 0.229 e. The molecule has 0 amide bonds. The summed E-state index contributed by atoms with van der Waals surface area (Å²) in [4.78, 5) is 4.48. The maximum absolute atomic E-state index is 11.4. The predicted molar refractivity (Wildman–Crippen MR) is 103 cm³/mol. The number of nitriles is 1. The van der Waals surface area contributed by atoms with Crippen LogP contribution in [0.2, 0.25) is 0 Å². The van der Waals surface area contributed by atoms with Gasteiger partial charge in [-0.1, -0.05) is 6.07 Å². The van der Waals surface area contributed by atoms with Crippen LogP contribution in [0.1, 0.15) is 18.4 Å².